The van der Waals surface area contributed by atoms with Crippen LogP contribution in [0.1, 0.15) is 23.3 Å². The maximum Gasteiger partial charge on any atom is 0.273 e. The van der Waals surface area contributed by atoms with E-state index in [4.69, 9.17) is 21.6 Å². The first-order chi connectivity index (χ1) is 13.6. The van der Waals surface area contributed by atoms with Gasteiger partial charge in [0.1, 0.15) is 11.3 Å². The van der Waals surface area contributed by atoms with E-state index in [9.17, 15) is 4.79 Å². The number of hydrogen-bond donors (Lipinski definition) is 0. The second kappa shape index (κ2) is 6.56. The number of rotatable bonds is 2. The van der Waals surface area contributed by atoms with Crippen molar-refractivity contribution in [2.75, 3.05) is 13.1 Å². The molecule has 0 atom stereocenters. The summed E-state index contributed by atoms with van der Waals surface area (Å²) in [7, 11) is 1.94. The predicted molar refractivity (Wildman–Crippen MR) is 109 cm³/mol. The monoisotopic (exact) mass is 391 g/mol. The molecule has 0 bridgehead atoms. The van der Waals surface area contributed by atoms with Crippen LogP contribution in [0.25, 0.3) is 33.3 Å². The van der Waals surface area contributed by atoms with Gasteiger partial charge in [0.2, 0.25) is 0 Å². The second-order valence-electron chi connectivity index (χ2n) is 7.05. The van der Waals surface area contributed by atoms with E-state index in [-0.39, 0.29) is 5.91 Å². The minimum atomic E-state index is -0.0392. The molecule has 1 fully saturated rings. The minimum Gasteiger partial charge on any atom is -0.337 e. The Bertz CT molecular complexity index is 1210. The first-order valence-corrected chi connectivity index (χ1v) is 9.66. The van der Waals surface area contributed by atoms with Crippen molar-refractivity contribution in [3.05, 3.63) is 53.4 Å². The Morgan fingerprint density at radius 3 is 2.57 bits per heavy atom. The Kier molecular flexibility index (Phi) is 4.02. The van der Waals surface area contributed by atoms with Crippen LogP contribution in [0.15, 0.2) is 42.7 Å². The van der Waals surface area contributed by atoms with E-state index in [1.807, 2.05) is 46.8 Å². The van der Waals surface area contributed by atoms with Gasteiger partial charge in [0.05, 0.1) is 10.9 Å². The van der Waals surface area contributed by atoms with Crippen molar-refractivity contribution >= 4 is 39.4 Å². The van der Waals surface area contributed by atoms with Crippen LogP contribution < -0.4 is 0 Å². The molecule has 0 unspecified atom stereocenters. The van der Waals surface area contributed by atoms with E-state index in [1.54, 1.807) is 12.4 Å². The van der Waals surface area contributed by atoms with Crippen molar-refractivity contribution in [2.24, 2.45) is 7.05 Å². The molecule has 4 heterocycles. The third kappa shape index (κ3) is 2.64. The zero-order chi connectivity index (χ0) is 19.3. The molecule has 3 aromatic heterocycles. The Hall–Kier alpha value is -2.99. The molecular weight excluding hydrogens is 374 g/mol. The van der Waals surface area contributed by atoms with Crippen LogP contribution >= 0.6 is 11.6 Å². The molecule has 7 heteroatoms. The van der Waals surface area contributed by atoms with Gasteiger partial charge in [-0.3, -0.25) is 9.78 Å². The predicted octanol–water partition coefficient (Wildman–Crippen LogP) is 4.07. The molecule has 0 radical (unpaired) electrons. The van der Waals surface area contributed by atoms with E-state index in [1.165, 1.54) is 0 Å². The summed E-state index contributed by atoms with van der Waals surface area (Å²) in [5.41, 5.74) is 2.93. The zero-order valence-electron chi connectivity index (χ0n) is 15.4. The van der Waals surface area contributed by atoms with Crippen LogP contribution in [0.5, 0.6) is 0 Å². The molecule has 1 aliphatic heterocycles. The van der Waals surface area contributed by atoms with Gasteiger partial charge >= 0.3 is 0 Å². The average molecular weight is 392 g/mol. The summed E-state index contributed by atoms with van der Waals surface area (Å²) in [5, 5.41) is 2.36. The summed E-state index contributed by atoms with van der Waals surface area (Å²) < 4.78 is 1.98. The van der Waals surface area contributed by atoms with Crippen molar-refractivity contribution in [1.29, 1.82) is 0 Å². The number of fused-ring (bicyclic) bond motifs is 3. The summed E-state index contributed by atoms with van der Waals surface area (Å²) in [5.74, 6) is 0.483. The highest BCUT2D eigenvalue weighted by Crippen LogP contribution is 2.33. The largest absolute Gasteiger partial charge is 0.337 e. The van der Waals surface area contributed by atoms with E-state index >= 15 is 0 Å². The summed E-state index contributed by atoms with van der Waals surface area (Å²) >= 11 is 6.22. The summed E-state index contributed by atoms with van der Waals surface area (Å²) in [4.78, 5) is 28.8. The maximum absolute atomic E-state index is 13.4. The highest BCUT2D eigenvalue weighted by Gasteiger charge is 2.26. The lowest BCUT2D eigenvalue weighted by atomic mass is 10.1. The normalized spacial score (nSPS) is 14.3. The molecule has 6 nitrogen and oxygen atoms in total. The molecule has 5 rings (SSSR count). The smallest absolute Gasteiger partial charge is 0.273 e. The van der Waals surface area contributed by atoms with Gasteiger partial charge in [-0.15, -0.1) is 0 Å². The fourth-order valence-electron chi connectivity index (χ4n) is 3.90. The third-order valence-corrected chi connectivity index (χ3v) is 5.57. The number of carbonyl (C=O) groups excluding carboxylic acids is 1. The Labute approximate surface area is 166 Å². The van der Waals surface area contributed by atoms with Gasteiger partial charge in [0, 0.05) is 48.5 Å². The number of aromatic nitrogens is 4. The lowest BCUT2D eigenvalue weighted by Gasteiger charge is -2.16. The standard InChI is InChI=1S/C21H18ClN5O/c1-26-16-12-14(22)4-5-15(16)17-18(21(28)27-10-2-3-11-27)24-19(25-20(17)26)13-6-8-23-9-7-13/h4-9,12H,2-3,10-11H2,1H3. The average Bonchev–Trinajstić information content (AvgIpc) is 3.35. The minimum absolute atomic E-state index is 0.0392. The highest BCUT2D eigenvalue weighted by molar-refractivity contribution is 6.31. The van der Waals surface area contributed by atoms with E-state index in [2.05, 4.69) is 4.98 Å². The molecule has 0 spiro atoms. The van der Waals surface area contributed by atoms with Gasteiger partial charge in [0.25, 0.3) is 5.91 Å². The van der Waals surface area contributed by atoms with Crippen molar-refractivity contribution in [2.45, 2.75) is 12.8 Å². The first kappa shape index (κ1) is 17.1. The van der Waals surface area contributed by atoms with Gasteiger partial charge < -0.3 is 9.47 Å². The maximum atomic E-state index is 13.4. The summed E-state index contributed by atoms with van der Waals surface area (Å²) in [6.45, 7) is 1.54. The lowest BCUT2D eigenvalue weighted by Crippen LogP contribution is -2.28. The van der Waals surface area contributed by atoms with Crippen LogP contribution in [-0.4, -0.2) is 43.4 Å². The summed E-state index contributed by atoms with van der Waals surface area (Å²) in [6.07, 6.45) is 5.46. The van der Waals surface area contributed by atoms with E-state index in [0.29, 0.717) is 16.5 Å². The second-order valence-corrected chi connectivity index (χ2v) is 7.49. The zero-order valence-corrected chi connectivity index (χ0v) is 16.1. The SMILES string of the molecule is Cn1c2cc(Cl)ccc2c2c(C(=O)N3CCCC3)nc(-c3ccncc3)nc21. The fraction of sp³-hybridized carbons (Fsp3) is 0.238. The number of benzene rings is 1. The molecular formula is C21H18ClN5O. The Morgan fingerprint density at radius 2 is 1.82 bits per heavy atom. The first-order valence-electron chi connectivity index (χ1n) is 9.29. The number of pyridine rings is 1. The third-order valence-electron chi connectivity index (χ3n) is 5.33. The van der Waals surface area contributed by atoms with Crippen molar-refractivity contribution in [3.8, 4) is 11.4 Å². The van der Waals surface area contributed by atoms with Gasteiger partial charge in [-0.2, -0.15) is 0 Å². The van der Waals surface area contributed by atoms with Crippen molar-refractivity contribution in [3.63, 3.8) is 0 Å². The molecule has 28 heavy (non-hydrogen) atoms. The van der Waals surface area contributed by atoms with Crippen molar-refractivity contribution in [1.82, 2.24) is 24.4 Å². The number of aryl methyl sites for hydroxylation is 1. The number of nitrogens with zero attached hydrogens (tertiary/aromatic N) is 5. The van der Waals surface area contributed by atoms with Gasteiger partial charge in [-0.25, -0.2) is 9.97 Å². The van der Waals surface area contributed by atoms with Gasteiger partial charge in [0.15, 0.2) is 5.82 Å². The van der Waals surface area contributed by atoms with Crippen LogP contribution in [0, 0.1) is 0 Å². The number of carbonyl (C=O) groups is 1. The number of halogens is 1. The Morgan fingerprint density at radius 1 is 1.07 bits per heavy atom. The number of hydrogen-bond acceptors (Lipinski definition) is 4. The summed E-state index contributed by atoms with van der Waals surface area (Å²) in [6, 6.07) is 9.38. The molecule has 1 aromatic carbocycles. The molecule has 0 N–H and O–H groups in total. The van der Waals surface area contributed by atoms with Crippen LogP contribution in [0.4, 0.5) is 0 Å². The number of amides is 1. The molecule has 1 amide bonds. The lowest BCUT2D eigenvalue weighted by molar-refractivity contribution is 0.0789. The molecule has 1 aliphatic rings. The molecule has 0 aliphatic carbocycles. The molecule has 1 saturated heterocycles. The van der Waals surface area contributed by atoms with Crippen LogP contribution in [-0.2, 0) is 7.05 Å². The van der Waals surface area contributed by atoms with E-state index in [0.717, 1.165) is 53.4 Å². The quantitative estimate of drug-likeness (QED) is 0.516. The van der Waals surface area contributed by atoms with Crippen LogP contribution in [0.2, 0.25) is 5.02 Å². The van der Waals surface area contributed by atoms with Crippen LogP contribution in [0.3, 0.4) is 0 Å². The van der Waals surface area contributed by atoms with Crippen molar-refractivity contribution < 1.29 is 4.79 Å². The molecule has 140 valence electrons. The topological polar surface area (TPSA) is 63.9 Å². The van der Waals surface area contributed by atoms with Gasteiger partial charge in [-0.05, 0) is 37.1 Å². The van der Waals surface area contributed by atoms with Gasteiger partial charge in [-0.1, -0.05) is 17.7 Å². The number of likely N-dealkylation sites (tertiary alicyclic amines) is 1. The Balaban J connectivity index is 1.84. The molecule has 0 saturated carbocycles. The fourth-order valence-corrected chi connectivity index (χ4v) is 4.07. The highest BCUT2D eigenvalue weighted by atomic mass is 35.5. The van der Waals surface area contributed by atoms with E-state index < -0.39 is 0 Å². The molecule has 4 aromatic rings.